The summed E-state index contributed by atoms with van der Waals surface area (Å²) in [5.74, 6) is 1.09. The van der Waals surface area contributed by atoms with Crippen molar-refractivity contribution in [2.75, 3.05) is 13.2 Å². The van der Waals surface area contributed by atoms with E-state index in [2.05, 4.69) is 26.1 Å². The van der Waals surface area contributed by atoms with Gasteiger partial charge in [0.25, 0.3) is 0 Å². The van der Waals surface area contributed by atoms with Crippen LogP contribution in [0.1, 0.15) is 12.8 Å². The lowest BCUT2D eigenvalue weighted by Gasteiger charge is -2.21. The van der Waals surface area contributed by atoms with Crippen LogP contribution in [-0.4, -0.2) is 29.4 Å². The molecule has 1 aromatic heterocycles. The van der Waals surface area contributed by atoms with Gasteiger partial charge in [-0.15, -0.1) is 0 Å². The molecule has 2 aromatic rings. The van der Waals surface area contributed by atoms with E-state index in [1.807, 2.05) is 31.2 Å². The summed E-state index contributed by atoms with van der Waals surface area (Å²) in [5.41, 5.74) is 6.55. The van der Waals surface area contributed by atoms with E-state index in [0.29, 0.717) is 24.9 Å². The van der Waals surface area contributed by atoms with Gasteiger partial charge in [-0.05, 0) is 19.1 Å². The molecular weight excluding hydrogens is 310 g/mol. The number of halogens is 1. The Morgan fingerprint density at radius 2 is 2.21 bits per heavy atom. The Bertz CT molecular complexity index is 601. The SMILES string of the molecule is CC1(c2nc(-c3ccccc3Br)no2)COCC1N. The van der Waals surface area contributed by atoms with E-state index >= 15 is 0 Å². The van der Waals surface area contributed by atoms with Crippen molar-refractivity contribution in [2.24, 2.45) is 5.73 Å². The quantitative estimate of drug-likeness (QED) is 0.916. The van der Waals surface area contributed by atoms with Crippen molar-refractivity contribution in [3.63, 3.8) is 0 Å². The second-order valence-electron chi connectivity index (χ2n) is 4.94. The maximum atomic E-state index is 6.06. The minimum atomic E-state index is -0.410. The van der Waals surface area contributed by atoms with Gasteiger partial charge in [-0.3, -0.25) is 0 Å². The highest BCUT2D eigenvalue weighted by Crippen LogP contribution is 2.33. The van der Waals surface area contributed by atoms with Gasteiger partial charge in [0.2, 0.25) is 11.7 Å². The Hall–Kier alpha value is -1.24. The van der Waals surface area contributed by atoms with Crippen molar-refractivity contribution in [1.82, 2.24) is 10.1 Å². The molecule has 0 aliphatic carbocycles. The zero-order chi connectivity index (χ0) is 13.5. The largest absolute Gasteiger partial charge is 0.379 e. The van der Waals surface area contributed by atoms with Crippen LogP contribution in [0, 0.1) is 0 Å². The number of aromatic nitrogens is 2. The van der Waals surface area contributed by atoms with E-state index in [1.54, 1.807) is 0 Å². The second-order valence-corrected chi connectivity index (χ2v) is 5.80. The van der Waals surface area contributed by atoms with Crippen molar-refractivity contribution >= 4 is 15.9 Å². The van der Waals surface area contributed by atoms with Gasteiger partial charge in [-0.25, -0.2) is 0 Å². The van der Waals surface area contributed by atoms with E-state index < -0.39 is 5.41 Å². The minimum absolute atomic E-state index is 0.125. The molecule has 100 valence electrons. The highest BCUT2D eigenvalue weighted by atomic mass is 79.9. The molecule has 0 saturated carbocycles. The maximum Gasteiger partial charge on any atom is 0.236 e. The van der Waals surface area contributed by atoms with Crippen LogP contribution in [0.5, 0.6) is 0 Å². The molecule has 1 fully saturated rings. The molecule has 1 aromatic carbocycles. The van der Waals surface area contributed by atoms with E-state index in [1.165, 1.54) is 0 Å². The maximum absolute atomic E-state index is 6.06. The number of hydrogen-bond acceptors (Lipinski definition) is 5. The molecule has 0 radical (unpaired) electrons. The Kier molecular flexibility index (Phi) is 3.16. The predicted molar refractivity (Wildman–Crippen MR) is 73.6 cm³/mol. The molecule has 2 unspecified atom stereocenters. The zero-order valence-corrected chi connectivity index (χ0v) is 12.1. The molecule has 1 saturated heterocycles. The topological polar surface area (TPSA) is 74.2 Å². The lowest BCUT2D eigenvalue weighted by Crippen LogP contribution is -2.42. The molecule has 3 rings (SSSR count). The van der Waals surface area contributed by atoms with E-state index in [9.17, 15) is 0 Å². The van der Waals surface area contributed by atoms with Crippen LogP contribution >= 0.6 is 15.9 Å². The van der Waals surface area contributed by atoms with Crippen molar-refractivity contribution in [3.05, 3.63) is 34.6 Å². The fourth-order valence-electron chi connectivity index (χ4n) is 2.12. The number of nitrogens with zero attached hydrogens (tertiary/aromatic N) is 2. The first kappa shape index (κ1) is 12.8. The van der Waals surface area contributed by atoms with Crippen LogP contribution in [0.4, 0.5) is 0 Å². The molecule has 2 heterocycles. The number of ether oxygens (including phenoxy) is 1. The monoisotopic (exact) mass is 323 g/mol. The van der Waals surface area contributed by atoms with Crippen LogP contribution < -0.4 is 5.73 Å². The Morgan fingerprint density at radius 3 is 2.89 bits per heavy atom. The van der Waals surface area contributed by atoms with Crippen LogP contribution in [0.3, 0.4) is 0 Å². The molecule has 0 amide bonds. The summed E-state index contributed by atoms with van der Waals surface area (Å²) < 4.78 is 11.7. The molecule has 1 aliphatic rings. The Morgan fingerprint density at radius 1 is 1.42 bits per heavy atom. The molecule has 0 bridgehead atoms. The highest BCUT2D eigenvalue weighted by molar-refractivity contribution is 9.10. The van der Waals surface area contributed by atoms with Crippen molar-refractivity contribution in [1.29, 1.82) is 0 Å². The number of rotatable bonds is 2. The molecule has 6 heteroatoms. The van der Waals surface area contributed by atoms with Crippen molar-refractivity contribution in [2.45, 2.75) is 18.4 Å². The van der Waals surface area contributed by atoms with E-state index in [-0.39, 0.29) is 6.04 Å². The molecule has 5 nitrogen and oxygen atoms in total. The van der Waals surface area contributed by atoms with E-state index in [4.69, 9.17) is 15.0 Å². The summed E-state index contributed by atoms with van der Waals surface area (Å²) in [6.07, 6.45) is 0. The molecule has 1 aliphatic heterocycles. The highest BCUT2D eigenvalue weighted by Gasteiger charge is 2.44. The molecule has 0 spiro atoms. The third kappa shape index (κ3) is 2.09. The van der Waals surface area contributed by atoms with Crippen LogP contribution in [-0.2, 0) is 10.2 Å². The smallest absolute Gasteiger partial charge is 0.236 e. The summed E-state index contributed by atoms with van der Waals surface area (Å²) in [6, 6.07) is 7.63. The third-order valence-electron chi connectivity index (χ3n) is 3.55. The van der Waals surface area contributed by atoms with Crippen molar-refractivity contribution < 1.29 is 9.26 Å². The Balaban J connectivity index is 1.98. The first-order valence-electron chi connectivity index (χ1n) is 6.04. The number of hydrogen-bond donors (Lipinski definition) is 1. The normalized spacial score (nSPS) is 26.8. The summed E-state index contributed by atoms with van der Waals surface area (Å²) >= 11 is 3.48. The van der Waals surface area contributed by atoms with Gasteiger partial charge in [-0.1, -0.05) is 33.2 Å². The molecule has 2 atom stereocenters. The van der Waals surface area contributed by atoms with Gasteiger partial charge in [0.05, 0.1) is 18.6 Å². The average Bonchev–Trinajstić information content (AvgIpc) is 2.99. The van der Waals surface area contributed by atoms with Crippen LogP contribution in [0.2, 0.25) is 0 Å². The fourth-order valence-corrected chi connectivity index (χ4v) is 2.58. The van der Waals surface area contributed by atoms with Gasteiger partial charge in [0.15, 0.2) is 0 Å². The van der Waals surface area contributed by atoms with Gasteiger partial charge in [0.1, 0.15) is 0 Å². The van der Waals surface area contributed by atoms with Gasteiger partial charge in [0, 0.05) is 16.1 Å². The van der Waals surface area contributed by atoms with Crippen LogP contribution in [0.15, 0.2) is 33.3 Å². The summed E-state index contributed by atoms with van der Waals surface area (Å²) in [4.78, 5) is 4.48. The van der Waals surface area contributed by atoms with Gasteiger partial charge in [-0.2, -0.15) is 4.98 Å². The van der Waals surface area contributed by atoms with Crippen molar-refractivity contribution in [3.8, 4) is 11.4 Å². The first-order chi connectivity index (χ1) is 9.11. The zero-order valence-electron chi connectivity index (χ0n) is 10.5. The first-order valence-corrected chi connectivity index (χ1v) is 6.83. The molecule has 2 N–H and O–H groups in total. The number of nitrogens with two attached hydrogens (primary N) is 1. The lowest BCUT2D eigenvalue weighted by atomic mass is 9.86. The summed E-state index contributed by atoms with van der Waals surface area (Å²) in [7, 11) is 0. The average molecular weight is 324 g/mol. The minimum Gasteiger partial charge on any atom is -0.379 e. The Labute approximate surface area is 119 Å². The van der Waals surface area contributed by atoms with Gasteiger partial charge >= 0.3 is 0 Å². The lowest BCUT2D eigenvalue weighted by molar-refractivity contribution is 0.169. The second kappa shape index (κ2) is 4.70. The summed E-state index contributed by atoms with van der Waals surface area (Å²) in [6.45, 7) is 3.01. The van der Waals surface area contributed by atoms with Crippen LogP contribution in [0.25, 0.3) is 11.4 Å². The molecular formula is C13H14BrN3O2. The third-order valence-corrected chi connectivity index (χ3v) is 4.24. The predicted octanol–water partition coefficient (Wildman–Crippen LogP) is 2.11. The molecule has 19 heavy (non-hydrogen) atoms. The standard InChI is InChI=1S/C13H14BrN3O2/c1-13(7-18-6-10(13)15)12-16-11(17-19-12)8-4-2-3-5-9(8)14/h2-5,10H,6-7,15H2,1H3. The van der Waals surface area contributed by atoms with E-state index in [0.717, 1.165) is 10.0 Å². The van der Waals surface area contributed by atoms with Gasteiger partial charge < -0.3 is 15.0 Å². The fraction of sp³-hybridized carbons (Fsp3) is 0.385. The summed E-state index contributed by atoms with van der Waals surface area (Å²) in [5, 5.41) is 4.04. The number of benzene rings is 1.